The number of rotatable bonds is 7. The van der Waals surface area contributed by atoms with Crippen LogP contribution < -0.4 is 0 Å². The van der Waals surface area contributed by atoms with Crippen LogP contribution in [0, 0.1) is 6.92 Å². The lowest BCUT2D eigenvalue weighted by molar-refractivity contribution is 0.0524. The third-order valence-electron chi connectivity index (χ3n) is 5.05. The zero-order valence-corrected chi connectivity index (χ0v) is 17.3. The van der Waals surface area contributed by atoms with Gasteiger partial charge in [0.15, 0.2) is 5.16 Å². The molecule has 0 bridgehead atoms. The standard InChI is InChI=1S/C21H24N4O2S/c1-4-25-19(14-10-11-14)23-24-21(25)28-12-17-18(20(26)27-5-2)13(3)15-8-6-7-9-16(15)22-17/h6-9,14H,4-5,10-12H2,1-3H3. The molecule has 0 unspecified atom stereocenters. The van der Waals surface area contributed by atoms with E-state index >= 15 is 0 Å². The van der Waals surface area contributed by atoms with Crippen LogP contribution in [0.4, 0.5) is 0 Å². The number of benzene rings is 1. The molecule has 146 valence electrons. The van der Waals surface area contributed by atoms with Gasteiger partial charge in [0, 0.05) is 23.6 Å². The molecule has 1 fully saturated rings. The lowest BCUT2D eigenvalue weighted by Gasteiger charge is -2.14. The Morgan fingerprint density at radius 1 is 1.25 bits per heavy atom. The molecule has 0 atom stereocenters. The molecule has 1 aromatic carbocycles. The minimum atomic E-state index is -0.315. The minimum Gasteiger partial charge on any atom is -0.462 e. The van der Waals surface area contributed by atoms with Crippen molar-refractivity contribution >= 4 is 28.6 Å². The number of aromatic nitrogens is 4. The summed E-state index contributed by atoms with van der Waals surface area (Å²) in [7, 11) is 0. The van der Waals surface area contributed by atoms with Crippen molar-refractivity contribution in [1.29, 1.82) is 0 Å². The van der Waals surface area contributed by atoms with Gasteiger partial charge >= 0.3 is 5.97 Å². The maximum atomic E-state index is 12.7. The number of esters is 1. The van der Waals surface area contributed by atoms with Gasteiger partial charge < -0.3 is 9.30 Å². The second-order valence-electron chi connectivity index (χ2n) is 6.94. The van der Waals surface area contributed by atoms with Gasteiger partial charge in [-0.05, 0) is 45.2 Å². The Bertz CT molecular complexity index is 1030. The Balaban J connectivity index is 1.69. The summed E-state index contributed by atoms with van der Waals surface area (Å²) in [4.78, 5) is 17.4. The van der Waals surface area contributed by atoms with E-state index in [1.807, 2.05) is 38.1 Å². The first kappa shape index (κ1) is 18.9. The number of pyridine rings is 1. The highest BCUT2D eigenvalue weighted by Crippen LogP contribution is 2.40. The summed E-state index contributed by atoms with van der Waals surface area (Å²) >= 11 is 1.58. The Morgan fingerprint density at radius 3 is 2.75 bits per heavy atom. The van der Waals surface area contributed by atoms with Gasteiger partial charge in [0.25, 0.3) is 0 Å². The number of hydrogen-bond acceptors (Lipinski definition) is 6. The van der Waals surface area contributed by atoms with Crippen LogP contribution in [-0.2, 0) is 17.0 Å². The quantitative estimate of drug-likeness (QED) is 0.433. The normalized spacial score (nSPS) is 13.8. The van der Waals surface area contributed by atoms with E-state index in [4.69, 9.17) is 9.72 Å². The number of carbonyl (C=O) groups is 1. The Hall–Kier alpha value is -2.41. The summed E-state index contributed by atoms with van der Waals surface area (Å²) in [5, 5.41) is 10.6. The van der Waals surface area contributed by atoms with Crippen LogP contribution in [0.5, 0.6) is 0 Å². The lowest BCUT2D eigenvalue weighted by atomic mass is 10.0. The molecule has 2 heterocycles. The van der Waals surface area contributed by atoms with E-state index in [0.29, 0.717) is 23.8 Å². The number of para-hydroxylation sites is 1. The van der Waals surface area contributed by atoms with Gasteiger partial charge in [-0.3, -0.25) is 4.98 Å². The highest BCUT2D eigenvalue weighted by Gasteiger charge is 2.30. The third-order valence-corrected chi connectivity index (χ3v) is 6.03. The fourth-order valence-electron chi connectivity index (χ4n) is 3.50. The first-order chi connectivity index (χ1) is 13.6. The number of carbonyl (C=O) groups excluding carboxylic acids is 1. The molecular weight excluding hydrogens is 372 g/mol. The van der Waals surface area contributed by atoms with Crippen LogP contribution in [0.2, 0.25) is 0 Å². The van der Waals surface area contributed by atoms with Crippen LogP contribution in [0.1, 0.15) is 60.0 Å². The van der Waals surface area contributed by atoms with Crippen LogP contribution in [0.25, 0.3) is 10.9 Å². The monoisotopic (exact) mass is 396 g/mol. The van der Waals surface area contributed by atoms with E-state index in [1.165, 1.54) is 12.8 Å². The number of hydrogen-bond donors (Lipinski definition) is 0. The second-order valence-corrected chi connectivity index (χ2v) is 7.89. The minimum absolute atomic E-state index is 0.315. The van der Waals surface area contributed by atoms with Crippen molar-refractivity contribution in [3.8, 4) is 0 Å². The van der Waals surface area contributed by atoms with Gasteiger partial charge in [-0.2, -0.15) is 0 Å². The van der Waals surface area contributed by atoms with Crippen LogP contribution >= 0.6 is 11.8 Å². The van der Waals surface area contributed by atoms with E-state index in [1.54, 1.807) is 11.8 Å². The highest BCUT2D eigenvalue weighted by molar-refractivity contribution is 7.98. The predicted molar refractivity (Wildman–Crippen MR) is 110 cm³/mol. The molecule has 1 aliphatic rings. The molecule has 4 rings (SSSR count). The first-order valence-electron chi connectivity index (χ1n) is 9.75. The summed E-state index contributed by atoms with van der Waals surface area (Å²) in [6.45, 7) is 7.08. The molecular formula is C21H24N4O2S. The maximum Gasteiger partial charge on any atom is 0.340 e. The van der Waals surface area contributed by atoms with E-state index in [0.717, 1.165) is 39.7 Å². The maximum absolute atomic E-state index is 12.7. The third kappa shape index (κ3) is 3.51. The van der Waals surface area contributed by atoms with Gasteiger partial charge in [0.05, 0.1) is 23.4 Å². The molecule has 2 aromatic heterocycles. The van der Waals surface area contributed by atoms with Gasteiger partial charge in [-0.25, -0.2) is 4.79 Å². The Labute approximate surface area is 168 Å². The van der Waals surface area contributed by atoms with Crippen molar-refractivity contribution in [3.05, 3.63) is 46.9 Å². The van der Waals surface area contributed by atoms with Crippen LogP contribution in [0.15, 0.2) is 29.4 Å². The van der Waals surface area contributed by atoms with E-state index in [-0.39, 0.29) is 5.97 Å². The molecule has 7 heteroatoms. The number of thioether (sulfide) groups is 1. The molecule has 0 saturated heterocycles. The summed E-state index contributed by atoms with van der Waals surface area (Å²) in [5.41, 5.74) is 3.10. The van der Waals surface area contributed by atoms with Crippen molar-refractivity contribution in [2.45, 2.75) is 57.0 Å². The van der Waals surface area contributed by atoms with Crippen molar-refractivity contribution in [1.82, 2.24) is 19.7 Å². The van der Waals surface area contributed by atoms with E-state index < -0.39 is 0 Å². The van der Waals surface area contributed by atoms with Gasteiger partial charge in [-0.1, -0.05) is 30.0 Å². The average Bonchev–Trinajstić information content (AvgIpc) is 3.46. The molecule has 28 heavy (non-hydrogen) atoms. The fraction of sp³-hybridized carbons (Fsp3) is 0.429. The van der Waals surface area contributed by atoms with Crippen LogP contribution in [-0.4, -0.2) is 32.3 Å². The molecule has 1 aliphatic carbocycles. The van der Waals surface area contributed by atoms with E-state index in [2.05, 4.69) is 21.7 Å². The van der Waals surface area contributed by atoms with Gasteiger partial charge in [0.1, 0.15) is 5.82 Å². The van der Waals surface area contributed by atoms with Crippen molar-refractivity contribution in [2.75, 3.05) is 6.61 Å². The molecule has 0 amide bonds. The van der Waals surface area contributed by atoms with E-state index in [9.17, 15) is 4.79 Å². The summed E-state index contributed by atoms with van der Waals surface area (Å²) in [6, 6.07) is 7.90. The highest BCUT2D eigenvalue weighted by atomic mass is 32.2. The molecule has 0 spiro atoms. The zero-order chi connectivity index (χ0) is 19.7. The largest absolute Gasteiger partial charge is 0.462 e. The topological polar surface area (TPSA) is 69.9 Å². The summed E-state index contributed by atoms with van der Waals surface area (Å²) in [5.74, 6) is 1.86. The molecule has 1 saturated carbocycles. The SMILES string of the molecule is CCOC(=O)c1c(CSc2nnc(C3CC3)n2CC)nc2ccccc2c1C. The van der Waals surface area contributed by atoms with Gasteiger partial charge in [-0.15, -0.1) is 10.2 Å². The molecule has 3 aromatic rings. The number of aryl methyl sites for hydroxylation is 1. The van der Waals surface area contributed by atoms with Crippen molar-refractivity contribution in [2.24, 2.45) is 0 Å². The number of nitrogens with zero attached hydrogens (tertiary/aromatic N) is 4. The first-order valence-corrected chi connectivity index (χ1v) is 10.7. The molecule has 6 nitrogen and oxygen atoms in total. The van der Waals surface area contributed by atoms with Crippen molar-refractivity contribution in [3.63, 3.8) is 0 Å². The van der Waals surface area contributed by atoms with Gasteiger partial charge in [0.2, 0.25) is 0 Å². The molecule has 0 N–H and O–H groups in total. The Morgan fingerprint density at radius 2 is 2.04 bits per heavy atom. The summed E-state index contributed by atoms with van der Waals surface area (Å²) < 4.78 is 7.50. The summed E-state index contributed by atoms with van der Waals surface area (Å²) in [6.07, 6.45) is 2.39. The van der Waals surface area contributed by atoms with Crippen LogP contribution in [0.3, 0.4) is 0 Å². The number of ether oxygens (including phenoxy) is 1. The Kier molecular flexibility index (Phi) is 5.35. The number of fused-ring (bicyclic) bond motifs is 1. The smallest absolute Gasteiger partial charge is 0.340 e. The zero-order valence-electron chi connectivity index (χ0n) is 16.4. The average molecular weight is 397 g/mol. The molecule has 0 radical (unpaired) electrons. The molecule has 0 aliphatic heterocycles. The van der Waals surface area contributed by atoms with Crippen molar-refractivity contribution < 1.29 is 9.53 Å². The fourth-order valence-corrected chi connectivity index (χ4v) is 4.45. The second kappa shape index (κ2) is 7.91. The lowest BCUT2D eigenvalue weighted by Crippen LogP contribution is -2.12. The predicted octanol–water partition coefficient (Wildman–Crippen LogP) is 4.50.